The molecular weight excluding hydrogens is 556 g/mol. The maximum atomic E-state index is 13.3. The van der Waals surface area contributed by atoms with Crippen molar-refractivity contribution in [1.82, 2.24) is 14.9 Å². The van der Waals surface area contributed by atoms with Crippen molar-refractivity contribution in [3.05, 3.63) is 105 Å². The fourth-order valence-electron chi connectivity index (χ4n) is 5.48. The van der Waals surface area contributed by atoms with Crippen molar-refractivity contribution >= 4 is 35.1 Å². The third kappa shape index (κ3) is 5.99. The van der Waals surface area contributed by atoms with Crippen LogP contribution in [0.2, 0.25) is 5.15 Å². The van der Waals surface area contributed by atoms with E-state index < -0.39 is 0 Å². The van der Waals surface area contributed by atoms with Crippen LogP contribution in [0.3, 0.4) is 0 Å². The molecule has 0 spiro atoms. The predicted octanol–water partition coefficient (Wildman–Crippen LogP) is 6.20. The summed E-state index contributed by atoms with van der Waals surface area (Å²) >= 11 is 7.96. The maximum absolute atomic E-state index is 13.3. The lowest BCUT2D eigenvalue weighted by atomic mass is 9.99. The summed E-state index contributed by atoms with van der Waals surface area (Å²) in [6.07, 6.45) is 1.75. The number of benzene rings is 3. The SMILES string of the molecule is COc1cc2c(cc1OC)CN(c1cc(Cl)nc(SCc3cccc(C(=O)N4CCc5ccccc5C4)c3)n1)CC2. The minimum absolute atomic E-state index is 0.0623. The minimum Gasteiger partial charge on any atom is -0.493 e. The molecule has 4 aromatic rings. The molecule has 0 fully saturated rings. The van der Waals surface area contributed by atoms with Crippen LogP contribution in [0.1, 0.15) is 38.2 Å². The third-order valence-corrected chi connectivity index (χ3v) is 8.77. The summed E-state index contributed by atoms with van der Waals surface area (Å²) in [5.41, 5.74) is 6.72. The largest absolute Gasteiger partial charge is 0.493 e. The molecule has 3 heterocycles. The van der Waals surface area contributed by atoms with Crippen LogP contribution in [0, 0.1) is 0 Å². The molecule has 0 bridgehead atoms. The number of aromatic nitrogens is 2. The van der Waals surface area contributed by atoms with Crippen LogP contribution >= 0.6 is 23.4 Å². The van der Waals surface area contributed by atoms with Gasteiger partial charge >= 0.3 is 0 Å². The van der Waals surface area contributed by atoms with Crippen molar-refractivity contribution in [2.45, 2.75) is 36.8 Å². The lowest BCUT2D eigenvalue weighted by Crippen LogP contribution is -2.35. The lowest BCUT2D eigenvalue weighted by Gasteiger charge is -2.30. The molecule has 0 saturated carbocycles. The van der Waals surface area contributed by atoms with Crippen LogP contribution < -0.4 is 14.4 Å². The van der Waals surface area contributed by atoms with E-state index in [0.29, 0.717) is 34.7 Å². The first kappa shape index (κ1) is 27.4. The summed E-state index contributed by atoms with van der Waals surface area (Å²) in [6, 6.07) is 22.1. The third-order valence-electron chi connectivity index (χ3n) is 7.66. The standard InChI is InChI=1S/C32H31ClN4O3S/c1-39-27-15-23-11-12-36(19-26(23)16-28(27)40-2)30-17-29(33)34-32(35-30)41-20-21-6-5-9-24(14-21)31(38)37-13-10-22-7-3-4-8-25(22)18-37/h3-9,14-17H,10-13,18-20H2,1-2H3. The Balaban J connectivity index is 1.13. The Kier molecular flexibility index (Phi) is 8.03. The Morgan fingerprint density at radius 3 is 2.41 bits per heavy atom. The number of carbonyl (C=O) groups is 1. The molecule has 0 saturated heterocycles. The zero-order valence-electron chi connectivity index (χ0n) is 23.1. The topological polar surface area (TPSA) is 67.8 Å². The molecule has 2 aliphatic heterocycles. The van der Waals surface area contributed by atoms with Gasteiger partial charge < -0.3 is 19.3 Å². The smallest absolute Gasteiger partial charge is 0.254 e. The van der Waals surface area contributed by atoms with E-state index in [4.69, 9.17) is 26.1 Å². The van der Waals surface area contributed by atoms with Crippen molar-refractivity contribution < 1.29 is 14.3 Å². The molecule has 7 nitrogen and oxygen atoms in total. The van der Waals surface area contributed by atoms with E-state index in [2.05, 4.69) is 34.1 Å². The first-order valence-corrected chi connectivity index (χ1v) is 15.0. The van der Waals surface area contributed by atoms with Gasteiger partial charge in [0.05, 0.1) is 14.2 Å². The molecular formula is C32H31ClN4O3S. The number of nitrogens with zero attached hydrogens (tertiary/aromatic N) is 4. The Morgan fingerprint density at radius 2 is 1.61 bits per heavy atom. The number of ether oxygens (including phenoxy) is 2. The van der Waals surface area contributed by atoms with Crippen LogP contribution in [0.4, 0.5) is 5.82 Å². The van der Waals surface area contributed by atoms with Gasteiger partial charge in [0.1, 0.15) is 11.0 Å². The Labute approximate surface area is 249 Å². The molecule has 9 heteroatoms. The second-order valence-corrected chi connectivity index (χ2v) is 11.5. The number of halogens is 1. The molecule has 2 aliphatic rings. The van der Waals surface area contributed by atoms with Crippen molar-refractivity contribution in [2.24, 2.45) is 0 Å². The fourth-order valence-corrected chi connectivity index (χ4v) is 6.51. The predicted molar refractivity (Wildman–Crippen MR) is 162 cm³/mol. The van der Waals surface area contributed by atoms with Crippen LogP contribution in [-0.4, -0.2) is 48.1 Å². The maximum Gasteiger partial charge on any atom is 0.254 e. The fraction of sp³-hybridized carbons (Fsp3) is 0.281. The number of carbonyl (C=O) groups excluding carboxylic acids is 1. The summed E-state index contributed by atoms with van der Waals surface area (Å²) in [4.78, 5) is 26.8. The second kappa shape index (κ2) is 12.0. The van der Waals surface area contributed by atoms with E-state index in [-0.39, 0.29) is 5.91 Å². The summed E-state index contributed by atoms with van der Waals surface area (Å²) in [6.45, 7) is 2.88. The second-order valence-electron chi connectivity index (χ2n) is 10.2. The number of thioether (sulfide) groups is 1. The summed E-state index contributed by atoms with van der Waals surface area (Å²) in [7, 11) is 3.31. The Hall–Kier alpha value is -3.75. The number of hydrogen-bond acceptors (Lipinski definition) is 7. The highest BCUT2D eigenvalue weighted by Crippen LogP contribution is 2.35. The van der Waals surface area contributed by atoms with Gasteiger partial charge in [-0.1, -0.05) is 59.8 Å². The van der Waals surface area contributed by atoms with Crippen LogP contribution in [0.15, 0.2) is 71.9 Å². The molecule has 41 heavy (non-hydrogen) atoms. The van der Waals surface area contributed by atoms with Crippen LogP contribution in [0.5, 0.6) is 11.5 Å². The van der Waals surface area contributed by atoms with E-state index in [1.54, 1.807) is 14.2 Å². The number of fused-ring (bicyclic) bond motifs is 2. The van der Waals surface area contributed by atoms with Gasteiger partial charge in [0.15, 0.2) is 16.7 Å². The average molecular weight is 587 g/mol. The van der Waals surface area contributed by atoms with E-state index in [1.165, 1.54) is 34.0 Å². The quantitative estimate of drug-likeness (QED) is 0.145. The highest BCUT2D eigenvalue weighted by atomic mass is 35.5. The zero-order valence-corrected chi connectivity index (χ0v) is 24.7. The highest BCUT2D eigenvalue weighted by Gasteiger charge is 2.23. The molecule has 1 aromatic heterocycles. The van der Waals surface area contributed by atoms with Crippen molar-refractivity contribution in [3.8, 4) is 11.5 Å². The van der Waals surface area contributed by atoms with E-state index >= 15 is 0 Å². The molecule has 0 atom stereocenters. The van der Waals surface area contributed by atoms with Gasteiger partial charge in [-0.15, -0.1) is 0 Å². The molecule has 0 N–H and O–H groups in total. The summed E-state index contributed by atoms with van der Waals surface area (Å²) in [5, 5.41) is 1.01. The van der Waals surface area contributed by atoms with Gasteiger partial charge in [0.25, 0.3) is 5.91 Å². The molecule has 0 radical (unpaired) electrons. The monoisotopic (exact) mass is 586 g/mol. The minimum atomic E-state index is 0.0623. The van der Waals surface area contributed by atoms with E-state index in [9.17, 15) is 4.79 Å². The molecule has 6 rings (SSSR count). The molecule has 3 aromatic carbocycles. The zero-order chi connectivity index (χ0) is 28.3. The highest BCUT2D eigenvalue weighted by molar-refractivity contribution is 7.98. The van der Waals surface area contributed by atoms with Gasteiger partial charge in [-0.2, -0.15) is 0 Å². The van der Waals surface area contributed by atoms with E-state index in [1.807, 2.05) is 47.4 Å². The summed E-state index contributed by atoms with van der Waals surface area (Å²) in [5.74, 6) is 2.95. The van der Waals surface area contributed by atoms with Crippen molar-refractivity contribution in [1.29, 1.82) is 0 Å². The Morgan fingerprint density at radius 1 is 0.854 bits per heavy atom. The van der Waals surface area contributed by atoms with Gasteiger partial charge in [0.2, 0.25) is 0 Å². The molecule has 0 aliphatic carbocycles. The molecule has 1 amide bonds. The van der Waals surface area contributed by atoms with Gasteiger partial charge in [-0.25, -0.2) is 9.97 Å². The number of methoxy groups -OCH3 is 2. The van der Waals surface area contributed by atoms with Gasteiger partial charge in [0, 0.05) is 43.6 Å². The first-order valence-electron chi connectivity index (χ1n) is 13.6. The normalized spacial score (nSPS) is 14.3. The Bertz CT molecular complexity index is 1600. The number of rotatable bonds is 7. The van der Waals surface area contributed by atoms with Crippen LogP contribution in [0.25, 0.3) is 0 Å². The van der Waals surface area contributed by atoms with Crippen molar-refractivity contribution in [3.63, 3.8) is 0 Å². The molecule has 210 valence electrons. The van der Waals surface area contributed by atoms with Crippen LogP contribution in [-0.2, 0) is 31.7 Å². The summed E-state index contributed by atoms with van der Waals surface area (Å²) < 4.78 is 11.0. The number of hydrogen-bond donors (Lipinski definition) is 0. The average Bonchev–Trinajstić information content (AvgIpc) is 3.02. The number of anilines is 1. The van der Waals surface area contributed by atoms with Crippen molar-refractivity contribution in [2.75, 3.05) is 32.2 Å². The molecule has 0 unspecified atom stereocenters. The van der Waals surface area contributed by atoms with Gasteiger partial charge in [-0.05, 0) is 64.9 Å². The van der Waals surface area contributed by atoms with Gasteiger partial charge in [-0.3, -0.25) is 4.79 Å². The van der Waals surface area contributed by atoms with E-state index in [0.717, 1.165) is 48.8 Å². The first-order chi connectivity index (χ1) is 20.0. The number of amides is 1. The lowest BCUT2D eigenvalue weighted by molar-refractivity contribution is 0.0734.